The molecule has 0 unspecified atom stereocenters. The van der Waals surface area contributed by atoms with Gasteiger partial charge in [0.1, 0.15) is 5.82 Å². The highest BCUT2D eigenvalue weighted by Crippen LogP contribution is 2.18. The second-order valence-corrected chi connectivity index (χ2v) is 6.22. The van der Waals surface area contributed by atoms with Gasteiger partial charge >= 0.3 is 0 Å². The van der Waals surface area contributed by atoms with Crippen LogP contribution in [0.1, 0.15) is 26.3 Å². The molecular formula is C21H16ClFN2O2. The van der Waals surface area contributed by atoms with E-state index >= 15 is 0 Å². The molecule has 27 heavy (non-hydrogen) atoms. The maximum absolute atomic E-state index is 13.7. The normalized spacial score (nSPS) is 10.3. The molecule has 0 atom stereocenters. The second kappa shape index (κ2) is 8.47. The van der Waals surface area contributed by atoms with Crippen molar-refractivity contribution in [1.82, 2.24) is 5.32 Å². The van der Waals surface area contributed by atoms with E-state index in [1.54, 1.807) is 66.7 Å². The van der Waals surface area contributed by atoms with Crippen molar-refractivity contribution in [3.8, 4) is 0 Å². The molecule has 0 aliphatic rings. The first-order valence-electron chi connectivity index (χ1n) is 8.22. The number of para-hydroxylation sites is 1. The van der Waals surface area contributed by atoms with Gasteiger partial charge in [-0.05, 0) is 42.5 Å². The van der Waals surface area contributed by atoms with E-state index in [1.165, 1.54) is 6.07 Å². The molecule has 4 nitrogen and oxygen atoms in total. The molecule has 3 aromatic carbocycles. The number of carbonyl (C=O) groups is 2. The zero-order valence-electron chi connectivity index (χ0n) is 14.2. The standard InChI is InChI=1S/C21H16ClFN2O2/c22-16-11-9-14(10-12-16)20(26)25-19-8-4-2-6-17(19)21(27)24-13-15-5-1-3-7-18(15)23/h1-12H,13H2,(H,24,27)(H,25,26). The Balaban J connectivity index is 1.73. The summed E-state index contributed by atoms with van der Waals surface area (Å²) in [5, 5.41) is 5.92. The number of rotatable bonds is 5. The Labute approximate surface area is 161 Å². The van der Waals surface area contributed by atoms with Gasteiger partial charge < -0.3 is 10.6 Å². The molecule has 0 fully saturated rings. The minimum absolute atomic E-state index is 0.0466. The van der Waals surface area contributed by atoms with Gasteiger partial charge in [0.25, 0.3) is 11.8 Å². The van der Waals surface area contributed by atoms with E-state index in [4.69, 9.17) is 11.6 Å². The zero-order chi connectivity index (χ0) is 19.2. The van der Waals surface area contributed by atoms with Crippen LogP contribution in [0.25, 0.3) is 0 Å². The number of hydrogen-bond acceptors (Lipinski definition) is 2. The fraction of sp³-hybridized carbons (Fsp3) is 0.0476. The smallest absolute Gasteiger partial charge is 0.255 e. The van der Waals surface area contributed by atoms with E-state index in [-0.39, 0.29) is 23.8 Å². The van der Waals surface area contributed by atoms with Gasteiger partial charge in [-0.1, -0.05) is 41.9 Å². The lowest BCUT2D eigenvalue weighted by atomic mass is 10.1. The highest BCUT2D eigenvalue weighted by Gasteiger charge is 2.14. The average Bonchev–Trinajstić information content (AvgIpc) is 2.68. The molecule has 0 spiro atoms. The van der Waals surface area contributed by atoms with Crippen molar-refractivity contribution in [2.24, 2.45) is 0 Å². The van der Waals surface area contributed by atoms with Crippen molar-refractivity contribution in [3.63, 3.8) is 0 Å². The lowest BCUT2D eigenvalue weighted by molar-refractivity contribution is 0.0951. The van der Waals surface area contributed by atoms with Crippen LogP contribution in [0.2, 0.25) is 5.02 Å². The molecule has 2 N–H and O–H groups in total. The quantitative estimate of drug-likeness (QED) is 0.674. The molecule has 3 rings (SSSR count). The number of amides is 2. The molecule has 0 radical (unpaired) electrons. The van der Waals surface area contributed by atoms with Crippen molar-refractivity contribution >= 4 is 29.1 Å². The van der Waals surface area contributed by atoms with Gasteiger partial charge in [0.15, 0.2) is 0 Å². The van der Waals surface area contributed by atoms with Crippen LogP contribution in [0.15, 0.2) is 72.8 Å². The van der Waals surface area contributed by atoms with E-state index in [2.05, 4.69) is 10.6 Å². The fourth-order valence-electron chi connectivity index (χ4n) is 2.50. The maximum Gasteiger partial charge on any atom is 0.255 e. The molecule has 6 heteroatoms. The van der Waals surface area contributed by atoms with Crippen molar-refractivity contribution in [1.29, 1.82) is 0 Å². The minimum atomic E-state index is -0.412. The van der Waals surface area contributed by atoms with Crippen molar-refractivity contribution in [3.05, 3.63) is 100 Å². The second-order valence-electron chi connectivity index (χ2n) is 5.78. The number of carbonyl (C=O) groups excluding carboxylic acids is 2. The first kappa shape index (κ1) is 18.6. The summed E-state index contributed by atoms with van der Waals surface area (Å²) < 4.78 is 13.7. The lowest BCUT2D eigenvalue weighted by Crippen LogP contribution is -2.25. The molecule has 0 saturated heterocycles. The Bertz CT molecular complexity index is 974. The first-order valence-corrected chi connectivity index (χ1v) is 8.60. The number of anilines is 1. The molecule has 0 saturated carbocycles. The van der Waals surface area contributed by atoms with E-state index < -0.39 is 5.91 Å². The van der Waals surface area contributed by atoms with Crippen molar-refractivity contribution < 1.29 is 14.0 Å². The Kier molecular flexibility index (Phi) is 5.84. The summed E-state index contributed by atoms with van der Waals surface area (Å²) in [5.74, 6) is -1.16. The summed E-state index contributed by atoms with van der Waals surface area (Å²) in [4.78, 5) is 24.9. The molecule has 136 valence electrons. The van der Waals surface area contributed by atoms with Crippen LogP contribution in [0, 0.1) is 5.82 Å². The van der Waals surface area contributed by atoms with Crippen LogP contribution in [0.3, 0.4) is 0 Å². The van der Waals surface area contributed by atoms with Crippen molar-refractivity contribution in [2.75, 3.05) is 5.32 Å². The Morgan fingerprint density at radius 2 is 1.52 bits per heavy atom. The molecule has 2 amide bonds. The predicted molar refractivity (Wildman–Crippen MR) is 103 cm³/mol. The third-order valence-electron chi connectivity index (χ3n) is 3.92. The third-order valence-corrected chi connectivity index (χ3v) is 4.18. The lowest BCUT2D eigenvalue weighted by Gasteiger charge is -2.12. The summed E-state index contributed by atoms with van der Waals surface area (Å²) in [6.45, 7) is 0.0466. The molecule has 0 bridgehead atoms. The van der Waals surface area contributed by atoms with E-state index in [0.29, 0.717) is 21.8 Å². The Morgan fingerprint density at radius 3 is 2.26 bits per heavy atom. The van der Waals surface area contributed by atoms with Crippen LogP contribution in [-0.2, 0) is 6.54 Å². The summed E-state index contributed by atoms with van der Waals surface area (Å²) in [5.41, 5.74) is 1.45. The highest BCUT2D eigenvalue weighted by atomic mass is 35.5. The van der Waals surface area contributed by atoms with Crippen molar-refractivity contribution in [2.45, 2.75) is 6.54 Å². The Hall–Kier alpha value is -3.18. The van der Waals surface area contributed by atoms with Gasteiger partial charge in [-0.2, -0.15) is 0 Å². The summed E-state index contributed by atoms with van der Waals surface area (Å²) in [7, 11) is 0. The summed E-state index contributed by atoms with van der Waals surface area (Å²) in [6.07, 6.45) is 0. The monoisotopic (exact) mass is 382 g/mol. The number of halogens is 2. The fourth-order valence-corrected chi connectivity index (χ4v) is 2.62. The summed E-state index contributed by atoms with van der Waals surface area (Å²) >= 11 is 5.83. The van der Waals surface area contributed by atoms with Crippen LogP contribution in [0.5, 0.6) is 0 Å². The topological polar surface area (TPSA) is 58.2 Å². The predicted octanol–water partition coefficient (Wildman–Crippen LogP) is 4.66. The number of nitrogens with one attached hydrogen (secondary N) is 2. The average molecular weight is 383 g/mol. The van der Waals surface area contributed by atoms with E-state index in [9.17, 15) is 14.0 Å². The SMILES string of the molecule is O=C(Nc1ccccc1C(=O)NCc1ccccc1F)c1ccc(Cl)cc1. The molecule has 3 aromatic rings. The van der Waals surface area contributed by atoms with Crippen LogP contribution < -0.4 is 10.6 Å². The number of benzene rings is 3. The van der Waals surface area contributed by atoms with Crippen LogP contribution >= 0.6 is 11.6 Å². The number of hydrogen-bond donors (Lipinski definition) is 2. The van der Waals surface area contributed by atoms with Gasteiger partial charge in [-0.25, -0.2) is 4.39 Å². The Morgan fingerprint density at radius 1 is 0.852 bits per heavy atom. The van der Waals surface area contributed by atoms with E-state index in [0.717, 1.165) is 0 Å². The molecule has 0 aromatic heterocycles. The highest BCUT2D eigenvalue weighted by molar-refractivity contribution is 6.30. The van der Waals surface area contributed by atoms with Crippen LogP contribution in [-0.4, -0.2) is 11.8 Å². The molecule has 0 aliphatic carbocycles. The maximum atomic E-state index is 13.7. The third kappa shape index (κ3) is 4.71. The van der Waals surface area contributed by atoms with E-state index in [1.807, 2.05) is 0 Å². The molecular weight excluding hydrogens is 367 g/mol. The summed E-state index contributed by atoms with van der Waals surface area (Å²) in [6, 6.07) is 19.3. The zero-order valence-corrected chi connectivity index (χ0v) is 15.0. The minimum Gasteiger partial charge on any atom is -0.348 e. The van der Waals surface area contributed by atoms with Gasteiger partial charge in [-0.3, -0.25) is 9.59 Å². The van der Waals surface area contributed by atoms with Gasteiger partial charge in [0, 0.05) is 22.7 Å². The van der Waals surface area contributed by atoms with Gasteiger partial charge in [-0.15, -0.1) is 0 Å². The van der Waals surface area contributed by atoms with Gasteiger partial charge in [0.2, 0.25) is 0 Å². The van der Waals surface area contributed by atoms with Crippen LogP contribution in [0.4, 0.5) is 10.1 Å². The van der Waals surface area contributed by atoms with Gasteiger partial charge in [0.05, 0.1) is 11.3 Å². The first-order chi connectivity index (χ1) is 13.0. The molecule has 0 aliphatic heterocycles. The largest absolute Gasteiger partial charge is 0.348 e. The molecule has 0 heterocycles.